The van der Waals surface area contributed by atoms with Crippen molar-refractivity contribution in [3.05, 3.63) is 23.8 Å². The maximum atomic E-state index is 12.1. The highest BCUT2D eigenvalue weighted by Crippen LogP contribution is 2.28. The number of carbonyl (C=O) groups excluding carboxylic acids is 1. The zero-order valence-corrected chi connectivity index (χ0v) is 11.0. The number of fused-ring (bicyclic) bond motifs is 1. The second-order valence-corrected chi connectivity index (χ2v) is 5.04. The van der Waals surface area contributed by atoms with Gasteiger partial charge in [-0.05, 0) is 37.1 Å². The molecular formula is C14H20N2O2. The molecule has 98 valence electrons. The molecule has 0 bridgehead atoms. The van der Waals surface area contributed by atoms with E-state index in [-0.39, 0.29) is 5.91 Å². The second-order valence-electron chi connectivity index (χ2n) is 5.04. The van der Waals surface area contributed by atoms with Crippen LogP contribution in [0.15, 0.2) is 18.2 Å². The number of rotatable bonds is 4. The van der Waals surface area contributed by atoms with E-state index in [1.807, 2.05) is 25.1 Å². The van der Waals surface area contributed by atoms with Gasteiger partial charge in [0.05, 0.1) is 12.1 Å². The molecule has 1 amide bonds. The summed E-state index contributed by atoms with van der Waals surface area (Å²) in [6.07, 6.45) is 2.46. The second kappa shape index (κ2) is 4.98. The van der Waals surface area contributed by atoms with E-state index in [1.54, 1.807) is 6.92 Å². The summed E-state index contributed by atoms with van der Waals surface area (Å²) in [5, 5.41) is 2.88. The number of nitrogens with one attached hydrogen (secondary N) is 1. The van der Waals surface area contributed by atoms with E-state index in [1.165, 1.54) is 0 Å². The van der Waals surface area contributed by atoms with Gasteiger partial charge in [0, 0.05) is 12.1 Å². The van der Waals surface area contributed by atoms with Crippen LogP contribution < -0.4 is 15.8 Å². The summed E-state index contributed by atoms with van der Waals surface area (Å²) >= 11 is 0. The minimum atomic E-state index is -0.815. The molecule has 1 aromatic carbocycles. The Bertz CT molecular complexity index is 455. The summed E-state index contributed by atoms with van der Waals surface area (Å²) < 4.78 is 5.43. The largest absolute Gasteiger partial charge is 0.493 e. The van der Waals surface area contributed by atoms with Crippen LogP contribution in [-0.4, -0.2) is 18.1 Å². The van der Waals surface area contributed by atoms with Gasteiger partial charge in [0.15, 0.2) is 0 Å². The molecule has 18 heavy (non-hydrogen) atoms. The summed E-state index contributed by atoms with van der Waals surface area (Å²) in [6.45, 7) is 4.50. The third kappa shape index (κ3) is 2.64. The molecule has 0 aromatic heterocycles. The highest BCUT2D eigenvalue weighted by molar-refractivity contribution is 5.97. The van der Waals surface area contributed by atoms with Gasteiger partial charge in [-0.15, -0.1) is 0 Å². The molecule has 2 rings (SSSR count). The zero-order chi connectivity index (χ0) is 13.2. The zero-order valence-electron chi connectivity index (χ0n) is 11.0. The van der Waals surface area contributed by atoms with Gasteiger partial charge in [0.2, 0.25) is 5.91 Å². The van der Waals surface area contributed by atoms with Crippen LogP contribution in [0, 0.1) is 0 Å². The maximum Gasteiger partial charge on any atom is 0.244 e. The highest BCUT2D eigenvalue weighted by Gasteiger charge is 2.27. The van der Waals surface area contributed by atoms with Gasteiger partial charge >= 0.3 is 0 Å². The van der Waals surface area contributed by atoms with E-state index in [4.69, 9.17) is 10.5 Å². The Hall–Kier alpha value is -1.55. The lowest BCUT2D eigenvalue weighted by molar-refractivity contribution is -0.120. The SMILES string of the molecule is CCCC(C)(N)C(=O)Nc1ccc2c(c1)CCO2. The van der Waals surface area contributed by atoms with E-state index in [0.717, 1.165) is 36.4 Å². The Kier molecular flexibility index (Phi) is 3.57. The number of carbonyl (C=O) groups is 1. The molecule has 0 saturated carbocycles. The van der Waals surface area contributed by atoms with Crippen LogP contribution >= 0.6 is 0 Å². The van der Waals surface area contributed by atoms with E-state index in [2.05, 4.69) is 5.32 Å². The molecule has 1 heterocycles. The molecule has 3 N–H and O–H groups in total. The number of hydrogen-bond acceptors (Lipinski definition) is 3. The Morgan fingerprint density at radius 3 is 3.06 bits per heavy atom. The van der Waals surface area contributed by atoms with Crippen LogP contribution in [0.25, 0.3) is 0 Å². The molecule has 1 atom stereocenters. The van der Waals surface area contributed by atoms with Crippen molar-refractivity contribution in [2.75, 3.05) is 11.9 Å². The van der Waals surface area contributed by atoms with Crippen LogP contribution in [-0.2, 0) is 11.2 Å². The standard InChI is InChI=1S/C14H20N2O2/c1-3-7-14(2,15)13(17)16-11-4-5-12-10(9-11)6-8-18-12/h4-5,9H,3,6-8,15H2,1-2H3,(H,16,17). The van der Waals surface area contributed by atoms with Gasteiger partial charge in [0.1, 0.15) is 5.75 Å². The van der Waals surface area contributed by atoms with Gasteiger partial charge < -0.3 is 15.8 Å². The molecule has 4 heteroatoms. The fraction of sp³-hybridized carbons (Fsp3) is 0.500. The molecular weight excluding hydrogens is 228 g/mol. The number of ether oxygens (including phenoxy) is 1. The first kappa shape index (κ1) is 12.9. The average Bonchev–Trinajstić information content (AvgIpc) is 2.76. The van der Waals surface area contributed by atoms with E-state index in [9.17, 15) is 4.79 Å². The summed E-state index contributed by atoms with van der Waals surface area (Å²) in [5.74, 6) is 0.778. The Morgan fingerprint density at radius 2 is 2.33 bits per heavy atom. The number of anilines is 1. The van der Waals surface area contributed by atoms with E-state index in [0.29, 0.717) is 6.42 Å². The molecule has 1 aliphatic heterocycles. The van der Waals surface area contributed by atoms with Crippen molar-refractivity contribution in [1.82, 2.24) is 0 Å². The lowest BCUT2D eigenvalue weighted by Gasteiger charge is -2.22. The number of amides is 1. The summed E-state index contributed by atoms with van der Waals surface area (Å²) in [6, 6.07) is 5.71. The van der Waals surface area contributed by atoms with Gasteiger partial charge in [-0.3, -0.25) is 4.79 Å². The van der Waals surface area contributed by atoms with Gasteiger partial charge in [-0.2, -0.15) is 0 Å². The van der Waals surface area contributed by atoms with Crippen molar-refractivity contribution < 1.29 is 9.53 Å². The average molecular weight is 248 g/mol. The van der Waals surface area contributed by atoms with Gasteiger partial charge in [0.25, 0.3) is 0 Å². The number of hydrogen-bond donors (Lipinski definition) is 2. The predicted molar refractivity (Wildman–Crippen MR) is 71.8 cm³/mol. The minimum absolute atomic E-state index is 0.136. The lowest BCUT2D eigenvalue weighted by Crippen LogP contribution is -2.48. The van der Waals surface area contributed by atoms with Crippen LogP contribution in [0.3, 0.4) is 0 Å². The first-order valence-electron chi connectivity index (χ1n) is 6.39. The monoisotopic (exact) mass is 248 g/mol. The molecule has 1 aliphatic rings. The van der Waals surface area contributed by atoms with Crippen molar-refractivity contribution in [2.24, 2.45) is 5.73 Å². The minimum Gasteiger partial charge on any atom is -0.493 e. The van der Waals surface area contributed by atoms with E-state index >= 15 is 0 Å². The first-order chi connectivity index (χ1) is 8.53. The topological polar surface area (TPSA) is 64.4 Å². The molecule has 0 radical (unpaired) electrons. The highest BCUT2D eigenvalue weighted by atomic mass is 16.5. The summed E-state index contributed by atoms with van der Waals surface area (Å²) in [5.41, 5.74) is 7.11. The molecule has 1 unspecified atom stereocenters. The predicted octanol–water partition coefficient (Wildman–Crippen LogP) is 2.08. The molecule has 0 saturated heterocycles. The molecule has 4 nitrogen and oxygen atoms in total. The summed E-state index contributed by atoms with van der Waals surface area (Å²) in [7, 11) is 0. The number of nitrogens with two attached hydrogens (primary N) is 1. The third-order valence-corrected chi connectivity index (χ3v) is 3.24. The van der Waals surface area contributed by atoms with Crippen LogP contribution in [0.1, 0.15) is 32.3 Å². The molecule has 1 aromatic rings. The quantitative estimate of drug-likeness (QED) is 0.857. The van der Waals surface area contributed by atoms with Gasteiger partial charge in [-0.1, -0.05) is 13.3 Å². The van der Waals surface area contributed by atoms with Crippen molar-refractivity contribution in [3.63, 3.8) is 0 Å². The maximum absolute atomic E-state index is 12.1. The Balaban J connectivity index is 2.08. The Labute approximate surface area is 108 Å². The van der Waals surface area contributed by atoms with E-state index < -0.39 is 5.54 Å². The van der Waals surface area contributed by atoms with Gasteiger partial charge in [-0.25, -0.2) is 0 Å². The van der Waals surface area contributed by atoms with Crippen LogP contribution in [0.5, 0.6) is 5.75 Å². The lowest BCUT2D eigenvalue weighted by atomic mass is 9.96. The molecule has 0 spiro atoms. The fourth-order valence-electron chi connectivity index (χ4n) is 2.17. The molecule has 0 aliphatic carbocycles. The van der Waals surface area contributed by atoms with Crippen molar-refractivity contribution >= 4 is 11.6 Å². The molecule has 0 fully saturated rings. The Morgan fingerprint density at radius 1 is 1.56 bits per heavy atom. The smallest absolute Gasteiger partial charge is 0.244 e. The van der Waals surface area contributed by atoms with Crippen molar-refractivity contribution in [1.29, 1.82) is 0 Å². The fourth-order valence-corrected chi connectivity index (χ4v) is 2.17. The van der Waals surface area contributed by atoms with Crippen molar-refractivity contribution in [2.45, 2.75) is 38.6 Å². The normalized spacial score (nSPS) is 16.6. The van der Waals surface area contributed by atoms with Crippen molar-refractivity contribution in [3.8, 4) is 5.75 Å². The van der Waals surface area contributed by atoms with Crippen LogP contribution in [0.4, 0.5) is 5.69 Å². The summed E-state index contributed by atoms with van der Waals surface area (Å²) in [4.78, 5) is 12.1. The third-order valence-electron chi connectivity index (χ3n) is 3.24. The first-order valence-corrected chi connectivity index (χ1v) is 6.39. The van der Waals surface area contributed by atoms with Crippen LogP contribution in [0.2, 0.25) is 0 Å². The number of benzene rings is 1.